The van der Waals surface area contributed by atoms with Gasteiger partial charge in [0.25, 0.3) is 0 Å². The molecule has 0 fully saturated rings. The molecule has 0 bridgehead atoms. The molecule has 0 aliphatic rings. The Kier molecular flexibility index (Phi) is 3.41. The molecule has 0 saturated heterocycles. The first-order valence-electron chi connectivity index (χ1n) is 3.96. The van der Waals surface area contributed by atoms with Crippen molar-refractivity contribution in [3.63, 3.8) is 0 Å². The van der Waals surface area contributed by atoms with Crippen molar-refractivity contribution >= 4 is 23.2 Å². The fourth-order valence-electron chi connectivity index (χ4n) is 1.17. The lowest BCUT2D eigenvalue weighted by Gasteiger charge is -1.94. The minimum Gasteiger partial charge on any atom is -0.256 e. The molecular weight excluding hydrogens is 195 g/mol. The molecule has 0 aromatic carbocycles. The lowest BCUT2D eigenvalue weighted by molar-refractivity contribution is 0.734. The Morgan fingerprint density at radius 1 is 1.50 bits per heavy atom. The number of hydrogen-bond acceptors (Lipinski definition) is 1. The van der Waals surface area contributed by atoms with Crippen LogP contribution in [-0.2, 0) is 19.3 Å². The summed E-state index contributed by atoms with van der Waals surface area (Å²) in [4.78, 5) is 0. The summed E-state index contributed by atoms with van der Waals surface area (Å²) in [7, 11) is 1.83. The van der Waals surface area contributed by atoms with Gasteiger partial charge in [0.05, 0.1) is 11.6 Å². The molecule has 68 valence electrons. The smallest absolute Gasteiger partial charge is 0.131 e. The quantitative estimate of drug-likeness (QED) is 0.697. The number of aromatic nitrogens is 2. The van der Waals surface area contributed by atoms with E-state index in [1.165, 1.54) is 0 Å². The summed E-state index contributed by atoms with van der Waals surface area (Å²) in [6, 6.07) is 0. The molecule has 1 heterocycles. The second kappa shape index (κ2) is 4.15. The van der Waals surface area contributed by atoms with Gasteiger partial charge < -0.3 is 0 Å². The molecule has 12 heavy (non-hydrogen) atoms. The minimum atomic E-state index is 0.446. The SMILES string of the molecule is CCCc1nn(C)c(Cl)c1CCl. The Morgan fingerprint density at radius 3 is 2.67 bits per heavy atom. The van der Waals surface area contributed by atoms with E-state index in [-0.39, 0.29) is 0 Å². The largest absolute Gasteiger partial charge is 0.256 e. The summed E-state index contributed by atoms with van der Waals surface area (Å²) in [6.07, 6.45) is 2.01. The van der Waals surface area contributed by atoms with E-state index in [0.29, 0.717) is 11.0 Å². The fraction of sp³-hybridized carbons (Fsp3) is 0.625. The van der Waals surface area contributed by atoms with Crippen molar-refractivity contribution in [1.29, 1.82) is 0 Å². The van der Waals surface area contributed by atoms with Crippen LogP contribution in [0.1, 0.15) is 24.6 Å². The third kappa shape index (κ3) is 1.75. The van der Waals surface area contributed by atoms with Gasteiger partial charge in [0, 0.05) is 12.6 Å². The minimum absolute atomic E-state index is 0.446. The zero-order valence-electron chi connectivity index (χ0n) is 7.27. The predicted molar refractivity (Wildman–Crippen MR) is 51.8 cm³/mol. The van der Waals surface area contributed by atoms with E-state index in [1.807, 2.05) is 7.05 Å². The molecule has 0 aliphatic carbocycles. The number of alkyl halides is 1. The Hall–Kier alpha value is -0.210. The van der Waals surface area contributed by atoms with Gasteiger partial charge in [0.15, 0.2) is 0 Å². The van der Waals surface area contributed by atoms with Crippen LogP contribution < -0.4 is 0 Å². The van der Waals surface area contributed by atoms with Gasteiger partial charge in [-0.2, -0.15) is 5.10 Å². The number of halogens is 2. The van der Waals surface area contributed by atoms with Crippen LogP contribution in [0, 0.1) is 0 Å². The van der Waals surface area contributed by atoms with Crippen LogP contribution in [0.3, 0.4) is 0 Å². The average molecular weight is 207 g/mol. The highest BCUT2D eigenvalue weighted by Crippen LogP contribution is 2.21. The highest BCUT2D eigenvalue weighted by Gasteiger charge is 2.11. The van der Waals surface area contributed by atoms with Gasteiger partial charge in [-0.25, -0.2) is 0 Å². The molecule has 1 rings (SSSR count). The first-order chi connectivity index (χ1) is 5.70. The first-order valence-corrected chi connectivity index (χ1v) is 4.88. The van der Waals surface area contributed by atoms with Crippen LogP contribution in [0.5, 0.6) is 0 Å². The van der Waals surface area contributed by atoms with Gasteiger partial charge in [-0.3, -0.25) is 4.68 Å². The van der Waals surface area contributed by atoms with E-state index in [1.54, 1.807) is 4.68 Å². The van der Waals surface area contributed by atoms with Crippen LogP contribution in [0.4, 0.5) is 0 Å². The van der Waals surface area contributed by atoms with Gasteiger partial charge in [0.2, 0.25) is 0 Å². The lowest BCUT2D eigenvalue weighted by atomic mass is 10.2. The number of aryl methyl sites for hydroxylation is 2. The Morgan fingerprint density at radius 2 is 2.17 bits per heavy atom. The van der Waals surface area contributed by atoms with Crippen molar-refractivity contribution < 1.29 is 0 Å². The molecule has 0 radical (unpaired) electrons. The maximum absolute atomic E-state index is 5.97. The van der Waals surface area contributed by atoms with Crippen LogP contribution in [0.2, 0.25) is 5.15 Å². The lowest BCUT2D eigenvalue weighted by Crippen LogP contribution is -1.91. The van der Waals surface area contributed by atoms with E-state index < -0.39 is 0 Å². The highest BCUT2D eigenvalue weighted by molar-refractivity contribution is 6.31. The van der Waals surface area contributed by atoms with Crippen molar-refractivity contribution in [3.05, 3.63) is 16.4 Å². The number of nitrogens with zero attached hydrogens (tertiary/aromatic N) is 2. The summed E-state index contributed by atoms with van der Waals surface area (Å²) in [5, 5.41) is 4.93. The van der Waals surface area contributed by atoms with E-state index in [2.05, 4.69) is 12.0 Å². The van der Waals surface area contributed by atoms with Crippen molar-refractivity contribution in [2.45, 2.75) is 25.6 Å². The molecule has 0 aliphatic heterocycles. The Balaban J connectivity index is 3.02. The first kappa shape index (κ1) is 9.87. The highest BCUT2D eigenvalue weighted by atomic mass is 35.5. The van der Waals surface area contributed by atoms with E-state index in [9.17, 15) is 0 Å². The molecule has 0 N–H and O–H groups in total. The molecule has 2 nitrogen and oxygen atoms in total. The topological polar surface area (TPSA) is 17.8 Å². The molecule has 0 unspecified atom stereocenters. The summed E-state index contributed by atoms with van der Waals surface area (Å²) < 4.78 is 1.67. The molecular formula is C8H12Cl2N2. The summed E-state index contributed by atoms with van der Waals surface area (Å²) >= 11 is 11.7. The second-order valence-corrected chi connectivity index (χ2v) is 3.35. The Bertz CT molecular complexity index is 268. The molecule has 0 amide bonds. The summed E-state index contributed by atoms with van der Waals surface area (Å²) in [5.41, 5.74) is 2.00. The molecule has 0 atom stereocenters. The number of rotatable bonds is 3. The third-order valence-corrected chi connectivity index (χ3v) is 2.51. The van der Waals surface area contributed by atoms with Crippen LogP contribution in [0.15, 0.2) is 0 Å². The fourth-order valence-corrected chi connectivity index (χ4v) is 1.73. The van der Waals surface area contributed by atoms with Crippen LogP contribution >= 0.6 is 23.2 Å². The van der Waals surface area contributed by atoms with E-state index >= 15 is 0 Å². The van der Waals surface area contributed by atoms with Gasteiger partial charge in [-0.15, -0.1) is 11.6 Å². The van der Waals surface area contributed by atoms with E-state index in [4.69, 9.17) is 23.2 Å². The molecule has 4 heteroatoms. The van der Waals surface area contributed by atoms with Crippen molar-refractivity contribution in [3.8, 4) is 0 Å². The second-order valence-electron chi connectivity index (χ2n) is 2.72. The van der Waals surface area contributed by atoms with Crippen molar-refractivity contribution in [1.82, 2.24) is 9.78 Å². The van der Waals surface area contributed by atoms with Gasteiger partial charge in [-0.1, -0.05) is 24.9 Å². The maximum Gasteiger partial charge on any atom is 0.131 e. The monoisotopic (exact) mass is 206 g/mol. The predicted octanol–water partition coefficient (Wildman–Crippen LogP) is 2.76. The van der Waals surface area contributed by atoms with Gasteiger partial charge in [-0.05, 0) is 6.42 Å². The van der Waals surface area contributed by atoms with Crippen LogP contribution in [-0.4, -0.2) is 9.78 Å². The Labute approximate surface area is 82.5 Å². The molecule has 0 saturated carbocycles. The molecule has 1 aromatic rings. The van der Waals surface area contributed by atoms with Gasteiger partial charge >= 0.3 is 0 Å². The standard InChI is InChI=1S/C8H12Cl2N2/c1-3-4-7-6(5-9)8(10)12(2)11-7/h3-5H2,1-2H3. The molecule has 0 spiro atoms. The van der Waals surface area contributed by atoms with Crippen molar-refractivity contribution in [2.75, 3.05) is 0 Å². The van der Waals surface area contributed by atoms with Crippen LogP contribution in [0.25, 0.3) is 0 Å². The zero-order valence-corrected chi connectivity index (χ0v) is 8.78. The number of hydrogen-bond donors (Lipinski definition) is 0. The average Bonchev–Trinajstić information content (AvgIpc) is 2.29. The maximum atomic E-state index is 5.97. The van der Waals surface area contributed by atoms with Crippen molar-refractivity contribution in [2.24, 2.45) is 7.05 Å². The van der Waals surface area contributed by atoms with E-state index in [0.717, 1.165) is 24.1 Å². The summed E-state index contributed by atoms with van der Waals surface area (Å²) in [6.45, 7) is 2.11. The normalized spacial score (nSPS) is 10.7. The molecule has 1 aromatic heterocycles. The van der Waals surface area contributed by atoms with Gasteiger partial charge in [0.1, 0.15) is 5.15 Å². The summed E-state index contributed by atoms with van der Waals surface area (Å²) in [5.74, 6) is 0.446. The third-order valence-electron chi connectivity index (χ3n) is 1.77. The zero-order chi connectivity index (χ0) is 9.14.